The Morgan fingerprint density at radius 3 is 2.50 bits per heavy atom. The second-order valence-corrected chi connectivity index (χ2v) is 7.58. The van der Waals surface area contributed by atoms with Crippen molar-refractivity contribution in [2.24, 2.45) is 17.3 Å². The van der Waals surface area contributed by atoms with Crippen molar-refractivity contribution in [3.05, 3.63) is 0 Å². The maximum absolute atomic E-state index is 12.2. The first-order valence-electron chi connectivity index (χ1n) is 8.01. The lowest BCUT2D eigenvalue weighted by Crippen LogP contribution is -2.43. The van der Waals surface area contributed by atoms with Crippen molar-refractivity contribution in [1.29, 1.82) is 0 Å². The zero-order valence-corrected chi connectivity index (χ0v) is 14.2. The van der Waals surface area contributed by atoms with E-state index in [1.807, 2.05) is 0 Å². The largest absolute Gasteiger partial charge is 0.383 e. The molecule has 2 unspecified atom stereocenters. The quantitative estimate of drug-likeness (QED) is 0.748. The van der Waals surface area contributed by atoms with Gasteiger partial charge in [0, 0.05) is 38.6 Å². The molecule has 2 atom stereocenters. The average molecular weight is 283 g/mol. The zero-order valence-electron chi connectivity index (χ0n) is 14.2. The zero-order chi connectivity index (χ0) is 15.3. The van der Waals surface area contributed by atoms with E-state index in [1.165, 1.54) is 0 Å². The molecule has 1 aliphatic rings. The lowest BCUT2D eigenvalue weighted by molar-refractivity contribution is -0.127. The molecule has 0 amide bonds. The highest BCUT2D eigenvalue weighted by Gasteiger charge is 2.35. The van der Waals surface area contributed by atoms with Crippen LogP contribution in [0.5, 0.6) is 0 Å². The third-order valence-corrected chi connectivity index (χ3v) is 4.76. The molecule has 1 rings (SSSR count). The van der Waals surface area contributed by atoms with E-state index in [0.717, 1.165) is 39.0 Å². The first-order valence-corrected chi connectivity index (χ1v) is 8.01. The third kappa shape index (κ3) is 5.17. The van der Waals surface area contributed by atoms with Crippen LogP contribution in [0.15, 0.2) is 0 Å². The fourth-order valence-electron chi connectivity index (χ4n) is 3.13. The van der Waals surface area contributed by atoms with Gasteiger partial charge in [0.15, 0.2) is 0 Å². The number of carbonyl (C=O) groups excluding carboxylic acids is 1. The summed E-state index contributed by atoms with van der Waals surface area (Å²) in [4.78, 5) is 14.6. The molecule has 0 bridgehead atoms. The molecule has 0 heterocycles. The highest BCUT2D eigenvalue weighted by Crippen LogP contribution is 2.39. The van der Waals surface area contributed by atoms with E-state index in [4.69, 9.17) is 4.74 Å². The first kappa shape index (κ1) is 17.6. The van der Waals surface area contributed by atoms with E-state index < -0.39 is 0 Å². The van der Waals surface area contributed by atoms with Crippen molar-refractivity contribution in [3.63, 3.8) is 0 Å². The number of carbonyl (C=O) groups is 1. The van der Waals surface area contributed by atoms with Crippen LogP contribution in [-0.2, 0) is 9.53 Å². The summed E-state index contributed by atoms with van der Waals surface area (Å²) in [6, 6.07) is 0.466. The maximum Gasteiger partial charge on any atom is 0.137 e. The average Bonchev–Trinajstić information content (AvgIpc) is 2.34. The number of ketones is 1. The SMILES string of the molecule is COCCN(CC1CC(C(C)(C)C)CCC1=O)C(C)C. The predicted molar refractivity (Wildman–Crippen MR) is 83.9 cm³/mol. The molecule has 0 spiro atoms. The molecule has 3 heteroatoms. The summed E-state index contributed by atoms with van der Waals surface area (Å²) in [5.74, 6) is 1.35. The topological polar surface area (TPSA) is 29.5 Å². The molecule has 0 aromatic heterocycles. The molecule has 0 radical (unpaired) electrons. The van der Waals surface area contributed by atoms with E-state index in [-0.39, 0.29) is 5.92 Å². The van der Waals surface area contributed by atoms with E-state index in [9.17, 15) is 4.79 Å². The molecule has 3 nitrogen and oxygen atoms in total. The van der Waals surface area contributed by atoms with Crippen LogP contribution in [0.1, 0.15) is 53.9 Å². The summed E-state index contributed by atoms with van der Waals surface area (Å²) in [6.07, 6.45) is 2.89. The van der Waals surface area contributed by atoms with Gasteiger partial charge in [-0.15, -0.1) is 0 Å². The van der Waals surface area contributed by atoms with Crippen molar-refractivity contribution in [1.82, 2.24) is 4.90 Å². The Bertz CT molecular complexity index is 307. The molecular weight excluding hydrogens is 250 g/mol. The van der Waals surface area contributed by atoms with Crippen LogP contribution >= 0.6 is 0 Å². The summed E-state index contributed by atoms with van der Waals surface area (Å²) in [7, 11) is 1.74. The van der Waals surface area contributed by atoms with Gasteiger partial charge in [0.05, 0.1) is 6.61 Å². The highest BCUT2D eigenvalue weighted by atomic mass is 16.5. The van der Waals surface area contributed by atoms with Gasteiger partial charge >= 0.3 is 0 Å². The molecule has 0 aromatic rings. The normalized spacial score (nSPS) is 24.7. The van der Waals surface area contributed by atoms with Crippen LogP contribution in [0.3, 0.4) is 0 Å². The van der Waals surface area contributed by atoms with Gasteiger partial charge < -0.3 is 4.74 Å². The number of nitrogens with zero attached hydrogens (tertiary/aromatic N) is 1. The minimum Gasteiger partial charge on any atom is -0.383 e. The number of methoxy groups -OCH3 is 1. The monoisotopic (exact) mass is 283 g/mol. The number of hydrogen-bond acceptors (Lipinski definition) is 3. The van der Waals surface area contributed by atoms with Gasteiger partial charge in [-0.05, 0) is 38.0 Å². The van der Waals surface area contributed by atoms with Crippen molar-refractivity contribution < 1.29 is 9.53 Å². The van der Waals surface area contributed by atoms with Gasteiger partial charge in [-0.2, -0.15) is 0 Å². The smallest absolute Gasteiger partial charge is 0.137 e. The molecule has 0 saturated heterocycles. The molecule has 0 aliphatic heterocycles. The Hall–Kier alpha value is -0.410. The van der Waals surface area contributed by atoms with Crippen LogP contribution in [0.2, 0.25) is 0 Å². The van der Waals surface area contributed by atoms with Crippen LogP contribution in [-0.4, -0.2) is 43.5 Å². The Morgan fingerprint density at radius 2 is 2.00 bits per heavy atom. The standard InChI is InChI=1S/C17H33NO2/c1-13(2)18(9-10-20-6)12-14-11-15(17(3,4)5)7-8-16(14)19/h13-15H,7-12H2,1-6H3. The van der Waals surface area contributed by atoms with Crippen molar-refractivity contribution >= 4 is 5.78 Å². The Kier molecular flexibility index (Phi) is 6.67. The van der Waals surface area contributed by atoms with E-state index in [1.54, 1.807) is 7.11 Å². The van der Waals surface area contributed by atoms with Gasteiger partial charge in [0.1, 0.15) is 5.78 Å². The highest BCUT2D eigenvalue weighted by molar-refractivity contribution is 5.82. The van der Waals surface area contributed by atoms with Gasteiger partial charge in [0.25, 0.3) is 0 Å². The second-order valence-electron chi connectivity index (χ2n) is 7.58. The Balaban J connectivity index is 2.64. The summed E-state index contributed by atoms with van der Waals surface area (Å²) in [6.45, 7) is 13.8. The molecule has 0 N–H and O–H groups in total. The fourth-order valence-corrected chi connectivity index (χ4v) is 3.13. The molecular formula is C17H33NO2. The minimum atomic E-state index is 0.215. The lowest BCUT2D eigenvalue weighted by atomic mass is 9.68. The minimum absolute atomic E-state index is 0.215. The first-order chi connectivity index (χ1) is 9.25. The van der Waals surface area contributed by atoms with Crippen LogP contribution in [0.4, 0.5) is 0 Å². The predicted octanol–water partition coefficient (Wildman–Crippen LogP) is 3.37. The molecule has 1 saturated carbocycles. The number of rotatable bonds is 6. The molecule has 118 valence electrons. The summed E-state index contributed by atoms with van der Waals surface area (Å²) in [5.41, 5.74) is 0.314. The third-order valence-electron chi connectivity index (χ3n) is 4.76. The summed E-state index contributed by atoms with van der Waals surface area (Å²) < 4.78 is 5.19. The van der Waals surface area contributed by atoms with Crippen molar-refractivity contribution in [2.45, 2.75) is 59.9 Å². The van der Waals surface area contributed by atoms with E-state index in [0.29, 0.717) is 23.2 Å². The maximum atomic E-state index is 12.2. The van der Waals surface area contributed by atoms with Crippen molar-refractivity contribution in [3.8, 4) is 0 Å². The van der Waals surface area contributed by atoms with Gasteiger partial charge in [-0.3, -0.25) is 9.69 Å². The van der Waals surface area contributed by atoms with Crippen LogP contribution < -0.4 is 0 Å². The van der Waals surface area contributed by atoms with Gasteiger partial charge in [0.2, 0.25) is 0 Å². The van der Waals surface area contributed by atoms with Crippen LogP contribution in [0, 0.1) is 17.3 Å². The summed E-state index contributed by atoms with van der Waals surface area (Å²) >= 11 is 0. The number of hydrogen-bond donors (Lipinski definition) is 0. The second kappa shape index (κ2) is 7.56. The molecule has 20 heavy (non-hydrogen) atoms. The Labute approximate surface area is 125 Å². The molecule has 1 aliphatic carbocycles. The van der Waals surface area contributed by atoms with Gasteiger partial charge in [-0.1, -0.05) is 20.8 Å². The fraction of sp³-hybridized carbons (Fsp3) is 0.941. The number of ether oxygens (including phenoxy) is 1. The Morgan fingerprint density at radius 1 is 1.35 bits per heavy atom. The lowest BCUT2D eigenvalue weighted by Gasteiger charge is -2.39. The van der Waals surface area contributed by atoms with Crippen molar-refractivity contribution in [2.75, 3.05) is 26.8 Å². The van der Waals surface area contributed by atoms with E-state index in [2.05, 4.69) is 39.5 Å². The summed E-state index contributed by atoms with van der Waals surface area (Å²) in [5, 5.41) is 0. The van der Waals surface area contributed by atoms with Gasteiger partial charge in [-0.25, -0.2) is 0 Å². The number of Topliss-reactive ketones (excluding diaryl/α,β-unsaturated/α-hetero) is 1. The molecule has 0 aromatic carbocycles. The molecule has 1 fully saturated rings. The van der Waals surface area contributed by atoms with Crippen LogP contribution in [0.25, 0.3) is 0 Å². The van der Waals surface area contributed by atoms with E-state index >= 15 is 0 Å².